The summed E-state index contributed by atoms with van der Waals surface area (Å²) in [5.41, 5.74) is -0.507. The number of nitrogens with zero attached hydrogens (tertiary/aromatic N) is 2. The van der Waals surface area contributed by atoms with Crippen LogP contribution < -0.4 is 5.32 Å². The van der Waals surface area contributed by atoms with Gasteiger partial charge in [0, 0.05) is 22.4 Å². The predicted molar refractivity (Wildman–Crippen MR) is 82.5 cm³/mol. The summed E-state index contributed by atoms with van der Waals surface area (Å²) in [5.74, 6) is 0. The molecule has 120 valence electrons. The summed E-state index contributed by atoms with van der Waals surface area (Å²) < 4.78 is 22.3. The highest BCUT2D eigenvalue weighted by molar-refractivity contribution is 8.13. The van der Waals surface area contributed by atoms with Gasteiger partial charge in [-0.1, -0.05) is 0 Å². The first kappa shape index (κ1) is 16.6. The standard InChI is InChI=1S/C12H8ClN3O6S/c13-23(21,22)10-4-1-8(2-5-10)14-11-6-3-9(15(17)18)7-12(11)16(19)20/h1-7,14H. The minimum absolute atomic E-state index is 0.0297. The number of nitro groups is 2. The molecule has 2 rings (SSSR count). The number of hydrogen-bond donors (Lipinski definition) is 1. The number of nitrogens with one attached hydrogen (secondary N) is 1. The Bertz CT molecular complexity index is 882. The van der Waals surface area contributed by atoms with Gasteiger partial charge < -0.3 is 5.32 Å². The van der Waals surface area contributed by atoms with Crippen molar-refractivity contribution >= 4 is 42.5 Å². The van der Waals surface area contributed by atoms with E-state index in [-0.39, 0.29) is 10.6 Å². The van der Waals surface area contributed by atoms with Crippen molar-refractivity contribution in [2.75, 3.05) is 5.32 Å². The van der Waals surface area contributed by atoms with Crippen molar-refractivity contribution in [3.63, 3.8) is 0 Å². The van der Waals surface area contributed by atoms with Crippen LogP contribution in [0.15, 0.2) is 47.4 Å². The Hall–Kier alpha value is -2.72. The second-order valence-corrected chi connectivity index (χ2v) is 6.87. The van der Waals surface area contributed by atoms with E-state index in [4.69, 9.17) is 10.7 Å². The minimum Gasteiger partial charge on any atom is -0.350 e. The van der Waals surface area contributed by atoms with Crippen LogP contribution in [0.2, 0.25) is 0 Å². The van der Waals surface area contributed by atoms with Crippen LogP contribution in [-0.4, -0.2) is 18.3 Å². The lowest BCUT2D eigenvalue weighted by Crippen LogP contribution is -1.99. The Kier molecular flexibility index (Phi) is 4.48. The Morgan fingerprint density at radius 1 is 0.957 bits per heavy atom. The van der Waals surface area contributed by atoms with Gasteiger partial charge in [-0.2, -0.15) is 0 Å². The van der Waals surface area contributed by atoms with Gasteiger partial charge in [-0.3, -0.25) is 20.2 Å². The summed E-state index contributed by atoms with van der Waals surface area (Å²) in [4.78, 5) is 20.1. The van der Waals surface area contributed by atoms with Gasteiger partial charge in [0.2, 0.25) is 0 Å². The zero-order chi connectivity index (χ0) is 17.2. The van der Waals surface area contributed by atoms with Gasteiger partial charge in [-0.05, 0) is 30.3 Å². The van der Waals surface area contributed by atoms with E-state index in [1.54, 1.807) is 0 Å². The zero-order valence-corrected chi connectivity index (χ0v) is 12.7. The fraction of sp³-hybridized carbons (Fsp3) is 0. The molecule has 0 atom stereocenters. The van der Waals surface area contributed by atoms with E-state index >= 15 is 0 Å². The van der Waals surface area contributed by atoms with Crippen molar-refractivity contribution in [3.8, 4) is 0 Å². The molecule has 9 nitrogen and oxygen atoms in total. The molecule has 0 unspecified atom stereocenters. The van der Waals surface area contributed by atoms with E-state index < -0.39 is 30.3 Å². The topological polar surface area (TPSA) is 132 Å². The van der Waals surface area contributed by atoms with E-state index in [1.807, 2.05) is 0 Å². The number of hydrogen-bond acceptors (Lipinski definition) is 7. The first-order valence-electron chi connectivity index (χ1n) is 5.93. The third-order valence-corrected chi connectivity index (χ3v) is 4.17. The first-order chi connectivity index (χ1) is 10.7. The molecule has 0 heterocycles. The lowest BCUT2D eigenvalue weighted by molar-refractivity contribution is -0.393. The summed E-state index contributed by atoms with van der Waals surface area (Å²) in [5, 5.41) is 24.4. The van der Waals surface area contributed by atoms with Gasteiger partial charge in [-0.15, -0.1) is 0 Å². The molecule has 0 aliphatic carbocycles. The molecule has 0 spiro atoms. The highest BCUT2D eigenvalue weighted by Crippen LogP contribution is 2.31. The molecule has 11 heteroatoms. The largest absolute Gasteiger partial charge is 0.350 e. The third kappa shape index (κ3) is 3.93. The van der Waals surface area contributed by atoms with E-state index in [0.717, 1.165) is 12.1 Å². The van der Waals surface area contributed by atoms with Crippen LogP contribution >= 0.6 is 10.7 Å². The minimum atomic E-state index is -3.87. The molecular formula is C12H8ClN3O6S. The Morgan fingerprint density at radius 2 is 1.57 bits per heavy atom. The molecular weight excluding hydrogens is 350 g/mol. The molecule has 0 aliphatic rings. The number of anilines is 2. The second kappa shape index (κ2) is 6.18. The molecule has 0 fully saturated rings. The van der Waals surface area contributed by atoms with Gasteiger partial charge in [0.05, 0.1) is 20.8 Å². The second-order valence-electron chi connectivity index (χ2n) is 4.30. The lowest BCUT2D eigenvalue weighted by Gasteiger charge is -2.07. The Balaban J connectivity index is 2.36. The van der Waals surface area contributed by atoms with Crippen molar-refractivity contribution in [3.05, 3.63) is 62.7 Å². The lowest BCUT2D eigenvalue weighted by atomic mass is 10.2. The Morgan fingerprint density at radius 3 is 2.04 bits per heavy atom. The van der Waals surface area contributed by atoms with Crippen LogP contribution in [0.3, 0.4) is 0 Å². The molecule has 0 amide bonds. The quantitative estimate of drug-likeness (QED) is 0.493. The number of rotatable bonds is 5. The smallest absolute Gasteiger partial charge is 0.299 e. The van der Waals surface area contributed by atoms with Crippen LogP contribution in [0.4, 0.5) is 22.7 Å². The average molecular weight is 358 g/mol. The molecule has 2 aromatic rings. The third-order valence-electron chi connectivity index (χ3n) is 2.80. The molecule has 0 aromatic heterocycles. The first-order valence-corrected chi connectivity index (χ1v) is 8.24. The van der Waals surface area contributed by atoms with Crippen molar-refractivity contribution in [2.45, 2.75) is 4.90 Å². The fourth-order valence-electron chi connectivity index (χ4n) is 1.75. The van der Waals surface area contributed by atoms with E-state index in [1.165, 1.54) is 30.3 Å². The van der Waals surface area contributed by atoms with Crippen LogP contribution in [0.1, 0.15) is 0 Å². The van der Waals surface area contributed by atoms with Crippen molar-refractivity contribution in [1.82, 2.24) is 0 Å². The van der Waals surface area contributed by atoms with Gasteiger partial charge in [0.25, 0.3) is 20.4 Å². The van der Waals surface area contributed by atoms with Crippen LogP contribution in [0.5, 0.6) is 0 Å². The van der Waals surface area contributed by atoms with Crippen LogP contribution in [-0.2, 0) is 9.05 Å². The maximum Gasteiger partial charge on any atom is 0.299 e. The van der Waals surface area contributed by atoms with Crippen molar-refractivity contribution in [2.24, 2.45) is 0 Å². The molecule has 23 heavy (non-hydrogen) atoms. The maximum absolute atomic E-state index is 11.1. The molecule has 0 aliphatic heterocycles. The fourth-order valence-corrected chi connectivity index (χ4v) is 2.52. The maximum atomic E-state index is 11.1. The normalized spacial score (nSPS) is 11.0. The average Bonchev–Trinajstić information content (AvgIpc) is 2.46. The Labute approximate surface area is 134 Å². The number of benzene rings is 2. The van der Waals surface area contributed by atoms with Gasteiger partial charge >= 0.3 is 0 Å². The van der Waals surface area contributed by atoms with Gasteiger partial charge in [0.15, 0.2) is 0 Å². The highest BCUT2D eigenvalue weighted by atomic mass is 35.7. The molecule has 0 bridgehead atoms. The van der Waals surface area contributed by atoms with Crippen molar-refractivity contribution < 1.29 is 18.3 Å². The molecule has 0 radical (unpaired) electrons. The van der Waals surface area contributed by atoms with Gasteiger partial charge in [0.1, 0.15) is 5.69 Å². The molecule has 1 N–H and O–H groups in total. The predicted octanol–water partition coefficient (Wildman–Crippen LogP) is 3.17. The number of non-ortho nitro benzene ring substituents is 1. The van der Waals surface area contributed by atoms with E-state index in [2.05, 4.69) is 5.32 Å². The van der Waals surface area contributed by atoms with Crippen molar-refractivity contribution in [1.29, 1.82) is 0 Å². The SMILES string of the molecule is O=[N+]([O-])c1ccc(Nc2ccc(S(=O)(=O)Cl)cc2)c([N+](=O)[O-])c1. The molecule has 0 saturated carbocycles. The summed E-state index contributed by atoms with van der Waals surface area (Å²) in [6, 6.07) is 8.32. The van der Waals surface area contributed by atoms with Gasteiger partial charge in [-0.25, -0.2) is 8.42 Å². The molecule has 0 saturated heterocycles. The monoisotopic (exact) mass is 357 g/mol. The highest BCUT2D eigenvalue weighted by Gasteiger charge is 2.19. The number of halogens is 1. The summed E-state index contributed by atoms with van der Waals surface area (Å²) in [6.07, 6.45) is 0. The zero-order valence-electron chi connectivity index (χ0n) is 11.2. The summed E-state index contributed by atoms with van der Waals surface area (Å²) >= 11 is 0. The van der Waals surface area contributed by atoms with Crippen LogP contribution in [0, 0.1) is 20.2 Å². The molecule has 2 aromatic carbocycles. The van der Waals surface area contributed by atoms with E-state index in [0.29, 0.717) is 5.69 Å². The summed E-state index contributed by atoms with van der Waals surface area (Å²) in [7, 11) is 1.32. The van der Waals surface area contributed by atoms with E-state index in [9.17, 15) is 28.6 Å². The van der Waals surface area contributed by atoms with Crippen LogP contribution in [0.25, 0.3) is 0 Å². The summed E-state index contributed by atoms with van der Waals surface area (Å²) in [6.45, 7) is 0. The number of nitro benzene ring substituents is 2.